The van der Waals surface area contributed by atoms with Gasteiger partial charge in [0.1, 0.15) is 19.0 Å². The summed E-state index contributed by atoms with van der Waals surface area (Å²) >= 11 is 0. The van der Waals surface area contributed by atoms with E-state index in [-0.39, 0.29) is 18.4 Å². The molecule has 0 spiro atoms. The molecular weight excluding hydrogens is 296 g/mol. The zero-order valence-corrected chi connectivity index (χ0v) is 13.7. The quantitative estimate of drug-likeness (QED) is 0.845. The van der Waals surface area contributed by atoms with E-state index in [2.05, 4.69) is 11.9 Å². The summed E-state index contributed by atoms with van der Waals surface area (Å²) in [5, 5.41) is 2.73. The molecule has 0 aliphatic carbocycles. The molecule has 1 aliphatic heterocycles. The molecule has 0 fully saturated rings. The Morgan fingerprint density at radius 1 is 1.52 bits per heavy atom. The Balaban J connectivity index is 2.38. The molecule has 1 aliphatic rings. The molecule has 2 rings (SSSR count). The van der Waals surface area contributed by atoms with Crippen molar-refractivity contribution in [1.82, 2.24) is 0 Å². The van der Waals surface area contributed by atoms with E-state index in [1.807, 2.05) is 13.8 Å². The first-order chi connectivity index (χ1) is 10.9. The van der Waals surface area contributed by atoms with Crippen molar-refractivity contribution in [2.45, 2.75) is 13.8 Å². The average molecular weight is 318 g/mol. The van der Waals surface area contributed by atoms with Gasteiger partial charge in [-0.15, -0.1) is 6.58 Å². The Bertz CT molecular complexity index is 625. The van der Waals surface area contributed by atoms with Crippen molar-refractivity contribution < 1.29 is 19.1 Å². The van der Waals surface area contributed by atoms with Gasteiger partial charge in [0.2, 0.25) is 11.8 Å². The molecule has 0 saturated carbocycles. The van der Waals surface area contributed by atoms with Crippen LogP contribution in [0.2, 0.25) is 0 Å². The molecule has 124 valence electrons. The standard InChI is InChI=1S/C17H22N2O4/c1-5-8-19-13-9-12(18-15(20)10-22-4)6-7-14(13)23-11-17(2,3)16(19)21/h5-7,9H,1,8,10-11H2,2-4H3,(H,18,20). The van der Waals surface area contributed by atoms with Crippen LogP contribution < -0.4 is 15.0 Å². The van der Waals surface area contributed by atoms with Crippen LogP contribution in [0.5, 0.6) is 5.75 Å². The van der Waals surface area contributed by atoms with Crippen molar-refractivity contribution in [3.8, 4) is 5.75 Å². The Morgan fingerprint density at radius 2 is 2.26 bits per heavy atom. The van der Waals surface area contributed by atoms with Gasteiger partial charge in [0.25, 0.3) is 0 Å². The number of ether oxygens (including phenoxy) is 2. The van der Waals surface area contributed by atoms with Crippen molar-refractivity contribution in [3.05, 3.63) is 30.9 Å². The first-order valence-corrected chi connectivity index (χ1v) is 7.37. The predicted molar refractivity (Wildman–Crippen MR) is 88.8 cm³/mol. The first-order valence-electron chi connectivity index (χ1n) is 7.37. The lowest BCUT2D eigenvalue weighted by molar-refractivity contribution is -0.127. The summed E-state index contributed by atoms with van der Waals surface area (Å²) in [6.07, 6.45) is 1.67. The molecule has 1 aromatic rings. The van der Waals surface area contributed by atoms with Gasteiger partial charge in [-0.3, -0.25) is 9.59 Å². The highest BCUT2D eigenvalue weighted by Gasteiger charge is 2.37. The van der Waals surface area contributed by atoms with Crippen LogP contribution >= 0.6 is 0 Å². The predicted octanol–water partition coefficient (Wildman–Crippen LogP) is 2.21. The molecule has 2 amide bonds. The van der Waals surface area contributed by atoms with Crippen molar-refractivity contribution in [2.24, 2.45) is 5.41 Å². The van der Waals surface area contributed by atoms with Crippen LogP contribution in [0.1, 0.15) is 13.8 Å². The van der Waals surface area contributed by atoms with Gasteiger partial charge < -0.3 is 19.7 Å². The number of rotatable bonds is 5. The van der Waals surface area contributed by atoms with Crippen LogP contribution in [0, 0.1) is 5.41 Å². The summed E-state index contributed by atoms with van der Waals surface area (Å²) < 4.78 is 10.6. The van der Waals surface area contributed by atoms with Crippen LogP contribution in [0.25, 0.3) is 0 Å². The van der Waals surface area contributed by atoms with Gasteiger partial charge in [-0.2, -0.15) is 0 Å². The maximum atomic E-state index is 12.7. The molecular formula is C17H22N2O4. The molecule has 1 heterocycles. The Kier molecular flexibility index (Phi) is 5.05. The van der Waals surface area contributed by atoms with Crippen molar-refractivity contribution in [1.29, 1.82) is 0 Å². The van der Waals surface area contributed by atoms with Crippen LogP contribution in [-0.2, 0) is 14.3 Å². The number of methoxy groups -OCH3 is 1. The van der Waals surface area contributed by atoms with Gasteiger partial charge in [0.05, 0.1) is 11.1 Å². The number of fused-ring (bicyclic) bond motifs is 1. The van der Waals surface area contributed by atoms with Crippen LogP contribution in [0.15, 0.2) is 30.9 Å². The summed E-state index contributed by atoms with van der Waals surface area (Å²) in [7, 11) is 1.46. The summed E-state index contributed by atoms with van der Waals surface area (Å²) in [4.78, 5) is 26.0. The Labute approximate surface area is 136 Å². The van der Waals surface area contributed by atoms with E-state index < -0.39 is 5.41 Å². The maximum absolute atomic E-state index is 12.7. The molecule has 0 atom stereocenters. The van der Waals surface area contributed by atoms with E-state index >= 15 is 0 Å². The molecule has 1 aromatic carbocycles. The lowest BCUT2D eigenvalue weighted by Crippen LogP contribution is -2.42. The van der Waals surface area contributed by atoms with E-state index in [1.165, 1.54) is 7.11 Å². The number of anilines is 2. The second-order valence-corrected chi connectivity index (χ2v) is 6.04. The molecule has 0 bridgehead atoms. The highest BCUT2D eigenvalue weighted by Crippen LogP contribution is 2.38. The topological polar surface area (TPSA) is 67.9 Å². The number of carbonyl (C=O) groups excluding carboxylic acids is 2. The van der Waals surface area contributed by atoms with Gasteiger partial charge in [0, 0.05) is 19.3 Å². The fourth-order valence-electron chi connectivity index (χ4n) is 2.36. The van der Waals surface area contributed by atoms with Crippen molar-refractivity contribution in [2.75, 3.05) is 37.1 Å². The molecule has 23 heavy (non-hydrogen) atoms. The maximum Gasteiger partial charge on any atom is 0.250 e. The molecule has 0 radical (unpaired) electrons. The van der Waals surface area contributed by atoms with Crippen LogP contribution in [0.4, 0.5) is 11.4 Å². The number of hydrogen-bond acceptors (Lipinski definition) is 4. The van der Waals surface area contributed by atoms with E-state index in [0.29, 0.717) is 30.3 Å². The molecule has 0 unspecified atom stereocenters. The summed E-state index contributed by atoms with van der Waals surface area (Å²) in [5.41, 5.74) is 0.563. The number of hydrogen-bond donors (Lipinski definition) is 1. The van der Waals surface area contributed by atoms with Crippen molar-refractivity contribution in [3.63, 3.8) is 0 Å². The minimum atomic E-state index is -0.637. The summed E-state index contributed by atoms with van der Waals surface area (Å²) in [6, 6.07) is 5.22. The smallest absolute Gasteiger partial charge is 0.250 e. The number of nitrogens with one attached hydrogen (secondary N) is 1. The summed E-state index contributed by atoms with van der Waals surface area (Å²) in [6.45, 7) is 8.04. The molecule has 0 saturated heterocycles. The van der Waals surface area contributed by atoms with Crippen LogP contribution in [-0.4, -0.2) is 38.7 Å². The minimum absolute atomic E-state index is 0.0318. The molecule has 6 heteroatoms. The minimum Gasteiger partial charge on any atom is -0.490 e. The average Bonchev–Trinajstić information content (AvgIpc) is 2.58. The third-order valence-electron chi connectivity index (χ3n) is 3.53. The fourth-order valence-corrected chi connectivity index (χ4v) is 2.36. The van der Waals surface area contributed by atoms with Gasteiger partial charge >= 0.3 is 0 Å². The van der Waals surface area contributed by atoms with Gasteiger partial charge in [-0.05, 0) is 32.0 Å². The van der Waals surface area contributed by atoms with Gasteiger partial charge in [-0.25, -0.2) is 0 Å². The van der Waals surface area contributed by atoms with E-state index in [1.54, 1.807) is 29.2 Å². The normalized spacial score (nSPS) is 16.1. The lowest BCUT2D eigenvalue weighted by atomic mass is 9.93. The number of carbonyl (C=O) groups is 2. The number of nitrogens with zero attached hydrogens (tertiary/aromatic N) is 1. The van der Waals surface area contributed by atoms with E-state index in [4.69, 9.17) is 9.47 Å². The molecule has 1 N–H and O–H groups in total. The van der Waals surface area contributed by atoms with Gasteiger partial charge in [0.15, 0.2) is 0 Å². The van der Waals surface area contributed by atoms with E-state index in [9.17, 15) is 9.59 Å². The second-order valence-electron chi connectivity index (χ2n) is 6.04. The molecule has 6 nitrogen and oxygen atoms in total. The largest absolute Gasteiger partial charge is 0.490 e. The van der Waals surface area contributed by atoms with E-state index in [0.717, 1.165) is 0 Å². The summed E-state index contributed by atoms with van der Waals surface area (Å²) in [5.74, 6) is 0.302. The van der Waals surface area contributed by atoms with Crippen LogP contribution in [0.3, 0.4) is 0 Å². The highest BCUT2D eigenvalue weighted by molar-refractivity contribution is 6.00. The third-order valence-corrected chi connectivity index (χ3v) is 3.53. The zero-order valence-electron chi connectivity index (χ0n) is 13.7. The SMILES string of the molecule is C=CCN1C(=O)C(C)(C)COc2ccc(NC(=O)COC)cc21. The second kappa shape index (κ2) is 6.83. The monoisotopic (exact) mass is 318 g/mol. The highest BCUT2D eigenvalue weighted by atomic mass is 16.5. The van der Waals surface area contributed by atoms with Gasteiger partial charge in [-0.1, -0.05) is 6.08 Å². The zero-order chi connectivity index (χ0) is 17.0. The lowest BCUT2D eigenvalue weighted by Gasteiger charge is -2.27. The first kappa shape index (κ1) is 17.0. The number of benzene rings is 1. The molecule has 0 aromatic heterocycles. The number of amides is 2. The Morgan fingerprint density at radius 3 is 2.91 bits per heavy atom. The third kappa shape index (κ3) is 3.71. The van der Waals surface area contributed by atoms with Crippen molar-refractivity contribution >= 4 is 23.2 Å². The fraction of sp³-hybridized carbons (Fsp3) is 0.412. The Hall–Kier alpha value is -2.34.